The van der Waals surface area contributed by atoms with E-state index in [0.29, 0.717) is 13.0 Å². The van der Waals surface area contributed by atoms with E-state index in [1.54, 1.807) is 31.5 Å². The number of carbonyl (C=O) groups excluding carboxylic acids is 1. The van der Waals surface area contributed by atoms with Gasteiger partial charge in [0.15, 0.2) is 0 Å². The van der Waals surface area contributed by atoms with Crippen molar-refractivity contribution in [2.24, 2.45) is 0 Å². The molecule has 0 aromatic carbocycles. The largest absolute Gasteiger partial charge is 0.349 e. The highest BCUT2D eigenvalue weighted by Gasteiger charge is 2.02. The lowest BCUT2D eigenvalue weighted by atomic mass is 10.4. The maximum atomic E-state index is 11.1. The van der Waals surface area contributed by atoms with E-state index in [-0.39, 0.29) is 5.91 Å². The first kappa shape index (κ1) is 8.77. The van der Waals surface area contributed by atoms with E-state index in [4.69, 9.17) is 0 Å². The Hall–Kier alpha value is -1.32. The zero-order valence-corrected chi connectivity index (χ0v) is 7.40. The van der Waals surface area contributed by atoms with Gasteiger partial charge in [-0.2, -0.15) is 0 Å². The molecule has 12 heavy (non-hydrogen) atoms. The Kier molecular flexibility index (Phi) is 2.85. The van der Waals surface area contributed by atoms with Gasteiger partial charge in [-0.3, -0.25) is 4.79 Å². The summed E-state index contributed by atoms with van der Waals surface area (Å²) in [4.78, 5) is 16.6. The third-order valence-electron chi connectivity index (χ3n) is 1.64. The van der Waals surface area contributed by atoms with Crippen LogP contribution in [0.5, 0.6) is 0 Å². The van der Waals surface area contributed by atoms with Gasteiger partial charge in [0.05, 0.1) is 6.33 Å². The zero-order chi connectivity index (χ0) is 8.97. The van der Waals surface area contributed by atoms with Gasteiger partial charge in [0, 0.05) is 39.5 Å². The molecule has 0 saturated heterocycles. The summed E-state index contributed by atoms with van der Waals surface area (Å²) in [5.74, 6) is 0.142. The van der Waals surface area contributed by atoms with Crippen molar-refractivity contribution in [3.05, 3.63) is 18.7 Å². The molecule has 0 atom stereocenters. The van der Waals surface area contributed by atoms with Crippen molar-refractivity contribution in [2.45, 2.75) is 13.0 Å². The van der Waals surface area contributed by atoms with Gasteiger partial charge in [0.1, 0.15) is 0 Å². The molecule has 66 valence electrons. The summed E-state index contributed by atoms with van der Waals surface area (Å²) >= 11 is 0. The van der Waals surface area contributed by atoms with E-state index in [1.165, 1.54) is 0 Å². The van der Waals surface area contributed by atoms with Crippen molar-refractivity contribution >= 4 is 5.91 Å². The Morgan fingerprint density at radius 2 is 2.33 bits per heavy atom. The summed E-state index contributed by atoms with van der Waals surface area (Å²) in [5, 5.41) is 0. The number of aromatic nitrogens is 2. The number of imidazole rings is 1. The quantitative estimate of drug-likeness (QED) is 0.652. The van der Waals surface area contributed by atoms with Gasteiger partial charge in [0.25, 0.3) is 0 Å². The molecule has 1 aromatic heterocycles. The molecule has 0 unspecified atom stereocenters. The van der Waals surface area contributed by atoms with E-state index in [2.05, 4.69) is 4.98 Å². The first-order valence-corrected chi connectivity index (χ1v) is 3.86. The molecule has 0 aliphatic carbocycles. The smallest absolute Gasteiger partial charge is 0.223 e. The van der Waals surface area contributed by atoms with E-state index in [0.717, 1.165) is 0 Å². The third kappa shape index (κ3) is 2.38. The minimum absolute atomic E-state index is 0.142. The van der Waals surface area contributed by atoms with E-state index < -0.39 is 0 Å². The Labute approximate surface area is 71.8 Å². The molecular formula is C8H13N3O. The van der Waals surface area contributed by atoms with Gasteiger partial charge in [-0.05, 0) is 0 Å². The zero-order valence-electron chi connectivity index (χ0n) is 7.40. The van der Waals surface area contributed by atoms with Crippen molar-refractivity contribution in [1.29, 1.82) is 0 Å². The van der Waals surface area contributed by atoms with E-state index >= 15 is 0 Å². The number of hydrogen-bond donors (Lipinski definition) is 0. The topological polar surface area (TPSA) is 38.1 Å². The van der Waals surface area contributed by atoms with Crippen molar-refractivity contribution in [2.75, 3.05) is 14.1 Å². The lowest BCUT2D eigenvalue weighted by Gasteiger charge is -2.09. The van der Waals surface area contributed by atoms with Crippen LogP contribution in [-0.4, -0.2) is 34.5 Å². The standard InChI is InChI=1S/C8H13N3O/c1-10(2)8(12)3-5-11-6-4-9-7-11/h4,6-7H,3,5H2,1-2H3. The monoisotopic (exact) mass is 167 g/mol. The first-order valence-electron chi connectivity index (χ1n) is 3.86. The van der Waals surface area contributed by atoms with Gasteiger partial charge >= 0.3 is 0 Å². The predicted molar refractivity (Wildman–Crippen MR) is 45.5 cm³/mol. The summed E-state index contributed by atoms with van der Waals surface area (Å²) in [6.45, 7) is 0.705. The van der Waals surface area contributed by atoms with Crippen LogP contribution in [0.4, 0.5) is 0 Å². The molecule has 0 aliphatic rings. The molecule has 0 bridgehead atoms. The summed E-state index contributed by atoms with van der Waals surface area (Å²) in [7, 11) is 3.52. The number of carbonyl (C=O) groups is 1. The second-order valence-corrected chi connectivity index (χ2v) is 2.84. The Bertz CT molecular complexity index is 241. The van der Waals surface area contributed by atoms with Crippen LogP contribution in [0.2, 0.25) is 0 Å². The number of amides is 1. The Morgan fingerprint density at radius 3 is 2.83 bits per heavy atom. The molecule has 0 radical (unpaired) electrons. The minimum Gasteiger partial charge on any atom is -0.349 e. The fraction of sp³-hybridized carbons (Fsp3) is 0.500. The second-order valence-electron chi connectivity index (χ2n) is 2.84. The van der Waals surface area contributed by atoms with Crippen LogP contribution in [0, 0.1) is 0 Å². The van der Waals surface area contributed by atoms with Gasteiger partial charge in [-0.15, -0.1) is 0 Å². The molecular weight excluding hydrogens is 154 g/mol. The molecule has 4 nitrogen and oxygen atoms in total. The molecule has 0 fully saturated rings. The normalized spacial score (nSPS) is 9.83. The van der Waals surface area contributed by atoms with Crippen LogP contribution < -0.4 is 0 Å². The average Bonchev–Trinajstić information content (AvgIpc) is 2.51. The highest BCUT2D eigenvalue weighted by atomic mass is 16.2. The van der Waals surface area contributed by atoms with Crippen molar-refractivity contribution < 1.29 is 4.79 Å². The van der Waals surface area contributed by atoms with Crippen molar-refractivity contribution in [3.63, 3.8) is 0 Å². The average molecular weight is 167 g/mol. The summed E-state index contributed by atoms with van der Waals surface area (Å²) in [6.07, 6.45) is 5.80. The Balaban J connectivity index is 2.32. The van der Waals surface area contributed by atoms with Gasteiger partial charge in [0.2, 0.25) is 5.91 Å². The lowest BCUT2D eigenvalue weighted by molar-refractivity contribution is -0.128. The second kappa shape index (κ2) is 3.90. The summed E-state index contributed by atoms with van der Waals surface area (Å²) in [5.41, 5.74) is 0. The highest BCUT2D eigenvalue weighted by Crippen LogP contribution is 1.93. The highest BCUT2D eigenvalue weighted by molar-refractivity contribution is 5.75. The van der Waals surface area contributed by atoms with Crippen molar-refractivity contribution in [1.82, 2.24) is 14.5 Å². The van der Waals surface area contributed by atoms with E-state index in [1.807, 2.05) is 10.8 Å². The SMILES string of the molecule is CN(C)C(=O)CCn1ccnc1. The number of rotatable bonds is 3. The number of nitrogens with zero attached hydrogens (tertiary/aromatic N) is 3. The maximum Gasteiger partial charge on any atom is 0.223 e. The molecule has 1 aromatic rings. The van der Waals surface area contributed by atoms with Crippen LogP contribution in [0.15, 0.2) is 18.7 Å². The lowest BCUT2D eigenvalue weighted by Crippen LogP contribution is -2.22. The molecule has 0 saturated carbocycles. The predicted octanol–water partition coefficient (Wildman–Crippen LogP) is 0.361. The van der Waals surface area contributed by atoms with Crippen molar-refractivity contribution in [3.8, 4) is 0 Å². The van der Waals surface area contributed by atoms with Gasteiger partial charge in [-0.1, -0.05) is 0 Å². The fourth-order valence-corrected chi connectivity index (χ4v) is 0.867. The van der Waals surface area contributed by atoms with E-state index in [9.17, 15) is 4.79 Å². The molecule has 1 rings (SSSR count). The molecule has 0 spiro atoms. The van der Waals surface area contributed by atoms with Crippen LogP contribution >= 0.6 is 0 Å². The number of aryl methyl sites for hydroxylation is 1. The molecule has 0 N–H and O–H groups in total. The molecule has 1 amide bonds. The van der Waals surface area contributed by atoms with Crippen LogP contribution in [0.25, 0.3) is 0 Å². The minimum atomic E-state index is 0.142. The molecule has 0 aliphatic heterocycles. The Morgan fingerprint density at radius 1 is 1.58 bits per heavy atom. The number of hydrogen-bond acceptors (Lipinski definition) is 2. The first-order chi connectivity index (χ1) is 5.70. The summed E-state index contributed by atoms with van der Waals surface area (Å²) < 4.78 is 1.89. The molecule has 1 heterocycles. The summed E-state index contributed by atoms with van der Waals surface area (Å²) in [6, 6.07) is 0. The van der Waals surface area contributed by atoms with Gasteiger partial charge in [-0.25, -0.2) is 4.98 Å². The van der Waals surface area contributed by atoms with Crippen LogP contribution in [0.1, 0.15) is 6.42 Å². The van der Waals surface area contributed by atoms with Crippen LogP contribution in [0.3, 0.4) is 0 Å². The van der Waals surface area contributed by atoms with Crippen LogP contribution in [-0.2, 0) is 11.3 Å². The van der Waals surface area contributed by atoms with Gasteiger partial charge < -0.3 is 9.47 Å². The maximum absolute atomic E-state index is 11.1. The third-order valence-corrected chi connectivity index (χ3v) is 1.64. The molecule has 4 heteroatoms. The fourth-order valence-electron chi connectivity index (χ4n) is 0.867.